The predicted molar refractivity (Wildman–Crippen MR) is 80.4 cm³/mol. The molecule has 7 heteroatoms. The van der Waals surface area contributed by atoms with Crippen LogP contribution in [0.1, 0.15) is 33.1 Å². The second-order valence-corrected chi connectivity index (χ2v) is 6.00. The molecule has 2 aromatic heterocycles. The average Bonchev–Trinajstić information content (AvgIpc) is 2.84. The van der Waals surface area contributed by atoms with Gasteiger partial charge in [-0.1, -0.05) is 0 Å². The number of fused-ring (bicyclic) bond motifs is 1. The Kier molecular flexibility index (Phi) is 4.97. The lowest BCUT2D eigenvalue weighted by atomic mass is 10.1. The van der Waals surface area contributed by atoms with Gasteiger partial charge in [-0.3, -0.25) is 0 Å². The summed E-state index contributed by atoms with van der Waals surface area (Å²) >= 11 is 0. The highest BCUT2D eigenvalue weighted by molar-refractivity contribution is 5.68. The van der Waals surface area contributed by atoms with Crippen molar-refractivity contribution in [3.05, 3.63) is 24.2 Å². The van der Waals surface area contributed by atoms with Gasteiger partial charge in [0.25, 0.3) is 0 Å². The van der Waals surface area contributed by atoms with E-state index < -0.39 is 17.7 Å². The van der Waals surface area contributed by atoms with E-state index in [1.165, 1.54) is 0 Å². The third-order valence-electron chi connectivity index (χ3n) is 2.86. The number of rotatable bonds is 5. The van der Waals surface area contributed by atoms with Gasteiger partial charge >= 0.3 is 6.09 Å². The summed E-state index contributed by atoms with van der Waals surface area (Å²) in [5.74, 6) is 0.526. The Balaban J connectivity index is 1.89. The van der Waals surface area contributed by atoms with Crippen LogP contribution in [-0.2, 0) is 11.2 Å². The van der Waals surface area contributed by atoms with Crippen LogP contribution in [0, 0.1) is 0 Å². The molecule has 2 N–H and O–H groups in total. The zero-order valence-electron chi connectivity index (χ0n) is 13.0. The first kappa shape index (κ1) is 16.2. The normalized spacial score (nSPS) is 13.1. The summed E-state index contributed by atoms with van der Waals surface area (Å²) in [6.07, 6.45) is 2.07. The van der Waals surface area contributed by atoms with Crippen molar-refractivity contribution in [3.63, 3.8) is 0 Å². The van der Waals surface area contributed by atoms with Crippen LogP contribution in [0.15, 0.2) is 22.7 Å². The van der Waals surface area contributed by atoms with E-state index >= 15 is 0 Å². The smallest absolute Gasteiger partial charge is 0.407 e. The fourth-order valence-electron chi connectivity index (χ4n) is 1.90. The molecule has 120 valence electrons. The third-order valence-corrected chi connectivity index (χ3v) is 2.86. The molecule has 0 aliphatic heterocycles. The molecule has 0 radical (unpaired) electrons. The van der Waals surface area contributed by atoms with Gasteiger partial charge in [-0.25, -0.2) is 9.78 Å². The van der Waals surface area contributed by atoms with E-state index in [0.717, 1.165) is 0 Å². The average molecular weight is 307 g/mol. The van der Waals surface area contributed by atoms with Gasteiger partial charge < -0.3 is 19.6 Å². The number of alkyl carbamates (subject to hydrolysis) is 1. The third kappa shape index (κ3) is 4.70. The molecule has 22 heavy (non-hydrogen) atoms. The van der Waals surface area contributed by atoms with Crippen LogP contribution in [0.2, 0.25) is 0 Å². The van der Waals surface area contributed by atoms with Crippen LogP contribution in [0.4, 0.5) is 4.79 Å². The van der Waals surface area contributed by atoms with Crippen molar-refractivity contribution < 1.29 is 19.1 Å². The second kappa shape index (κ2) is 6.74. The number of aliphatic hydroxyl groups excluding tert-OH is 1. The Hall–Kier alpha value is -2.15. The van der Waals surface area contributed by atoms with Gasteiger partial charge in [0.1, 0.15) is 5.60 Å². The lowest BCUT2D eigenvalue weighted by molar-refractivity contribution is 0.0478. The minimum atomic E-state index is -0.573. The van der Waals surface area contributed by atoms with Crippen LogP contribution in [0.5, 0.6) is 0 Å². The van der Waals surface area contributed by atoms with Crippen molar-refractivity contribution in [3.8, 4) is 0 Å². The molecule has 2 rings (SSSR count). The SMILES string of the molecule is CC(C)(C)OC(=O)N[C@H](CO)CCc1nc2ncccc2o1. The predicted octanol–water partition coefficient (Wildman–Crippen LogP) is 2.04. The molecule has 0 unspecified atom stereocenters. The Morgan fingerprint density at radius 1 is 1.50 bits per heavy atom. The first-order valence-electron chi connectivity index (χ1n) is 7.18. The van der Waals surface area contributed by atoms with Crippen LogP contribution in [0.25, 0.3) is 11.2 Å². The minimum absolute atomic E-state index is 0.183. The molecule has 0 saturated heterocycles. The molecule has 0 aliphatic carbocycles. The van der Waals surface area contributed by atoms with E-state index in [1.807, 2.05) is 0 Å². The molecule has 1 amide bonds. The topological polar surface area (TPSA) is 97.5 Å². The van der Waals surface area contributed by atoms with Crippen molar-refractivity contribution in [2.45, 2.75) is 45.3 Å². The number of pyridine rings is 1. The molecule has 0 aromatic carbocycles. The number of nitrogens with one attached hydrogen (secondary N) is 1. The Morgan fingerprint density at radius 2 is 2.27 bits per heavy atom. The zero-order valence-corrected chi connectivity index (χ0v) is 13.0. The van der Waals surface area contributed by atoms with Crippen LogP contribution < -0.4 is 5.32 Å². The van der Waals surface area contributed by atoms with E-state index in [4.69, 9.17) is 9.15 Å². The number of aryl methyl sites for hydroxylation is 1. The van der Waals surface area contributed by atoms with E-state index in [1.54, 1.807) is 39.1 Å². The van der Waals surface area contributed by atoms with Crippen LogP contribution in [0.3, 0.4) is 0 Å². The molecule has 7 nitrogen and oxygen atoms in total. The molecule has 0 aliphatic rings. The number of ether oxygens (including phenoxy) is 1. The highest BCUT2D eigenvalue weighted by Gasteiger charge is 2.19. The minimum Gasteiger partial charge on any atom is -0.444 e. The van der Waals surface area contributed by atoms with Crippen molar-refractivity contribution in [1.29, 1.82) is 0 Å². The van der Waals surface area contributed by atoms with Gasteiger partial charge in [0.2, 0.25) is 0 Å². The first-order chi connectivity index (χ1) is 10.4. The van der Waals surface area contributed by atoms with Gasteiger partial charge in [-0.2, -0.15) is 4.98 Å². The van der Waals surface area contributed by atoms with E-state index in [-0.39, 0.29) is 6.61 Å². The highest BCUT2D eigenvalue weighted by Crippen LogP contribution is 2.14. The van der Waals surface area contributed by atoms with Crippen LogP contribution >= 0.6 is 0 Å². The summed E-state index contributed by atoms with van der Waals surface area (Å²) in [6, 6.07) is 3.15. The highest BCUT2D eigenvalue weighted by atomic mass is 16.6. The number of hydrogen-bond acceptors (Lipinski definition) is 6. The monoisotopic (exact) mass is 307 g/mol. The first-order valence-corrected chi connectivity index (χ1v) is 7.18. The number of carbonyl (C=O) groups excluding carboxylic acids is 1. The van der Waals surface area contributed by atoms with E-state index in [9.17, 15) is 9.90 Å². The fraction of sp³-hybridized carbons (Fsp3) is 0.533. The zero-order chi connectivity index (χ0) is 16.2. The van der Waals surface area contributed by atoms with Gasteiger partial charge in [0.15, 0.2) is 17.1 Å². The largest absolute Gasteiger partial charge is 0.444 e. The maximum Gasteiger partial charge on any atom is 0.407 e. The standard InChI is InChI=1S/C15H21N3O4/c1-15(2,3)22-14(20)17-10(9-19)6-7-12-18-13-11(21-12)5-4-8-16-13/h4-5,8,10,19H,6-7,9H2,1-3H3,(H,17,20)/t10-/m0/s1. The summed E-state index contributed by atoms with van der Waals surface area (Å²) in [6.45, 7) is 5.17. The van der Waals surface area contributed by atoms with E-state index in [0.29, 0.717) is 30.0 Å². The number of amides is 1. The van der Waals surface area contributed by atoms with Gasteiger partial charge in [0, 0.05) is 12.6 Å². The number of carbonyl (C=O) groups is 1. The number of aromatic nitrogens is 2. The maximum absolute atomic E-state index is 11.7. The summed E-state index contributed by atoms with van der Waals surface area (Å²) in [5.41, 5.74) is 0.604. The second-order valence-electron chi connectivity index (χ2n) is 6.00. The lowest BCUT2D eigenvalue weighted by Crippen LogP contribution is -2.41. The number of oxazole rings is 1. The fourth-order valence-corrected chi connectivity index (χ4v) is 1.90. The summed E-state index contributed by atoms with van der Waals surface area (Å²) in [7, 11) is 0. The lowest BCUT2D eigenvalue weighted by Gasteiger charge is -2.22. The molecular weight excluding hydrogens is 286 g/mol. The van der Waals surface area contributed by atoms with E-state index in [2.05, 4.69) is 15.3 Å². The maximum atomic E-state index is 11.7. The van der Waals surface area contributed by atoms with Crippen molar-refractivity contribution in [1.82, 2.24) is 15.3 Å². The summed E-state index contributed by atoms with van der Waals surface area (Å²) in [4.78, 5) is 20.0. The number of nitrogens with zero attached hydrogens (tertiary/aromatic N) is 2. The van der Waals surface area contributed by atoms with Gasteiger partial charge in [-0.15, -0.1) is 0 Å². The summed E-state index contributed by atoms with van der Waals surface area (Å²) in [5, 5.41) is 12.0. The van der Waals surface area contributed by atoms with Crippen molar-refractivity contribution in [2.75, 3.05) is 6.61 Å². The van der Waals surface area contributed by atoms with Gasteiger partial charge in [0.05, 0.1) is 12.6 Å². The Labute approximate surface area is 128 Å². The molecule has 0 spiro atoms. The van der Waals surface area contributed by atoms with Crippen molar-refractivity contribution >= 4 is 17.3 Å². The van der Waals surface area contributed by atoms with Crippen molar-refractivity contribution in [2.24, 2.45) is 0 Å². The molecular formula is C15H21N3O4. The Bertz CT molecular complexity index is 600. The molecule has 1 atom stereocenters. The molecule has 2 heterocycles. The van der Waals surface area contributed by atoms with Gasteiger partial charge in [-0.05, 0) is 39.3 Å². The molecule has 2 aromatic rings. The Morgan fingerprint density at radius 3 is 2.91 bits per heavy atom. The quantitative estimate of drug-likeness (QED) is 0.877. The van der Waals surface area contributed by atoms with Crippen LogP contribution in [-0.4, -0.2) is 39.4 Å². The molecule has 0 saturated carbocycles. The number of aliphatic hydroxyl groups is 1. The summed E-state index contributed by atoms with van der Waals surface area (Å²) < 4.78 is 10.7. The number of hydrogen-bond donors (Lipinski definition) is 2. The molecule has 0 fully saturated rings. The molecule has 0 bridgehead atoms.